The predicted molar refractivity (Wildman–Crippen MR) is 42.1 cm³/mol. The quantitative estimate of drug-likeness (QED) is 0.592. The van der Waals surface area contributed by atoms with Gasteiger partial charge in [0, 0.05) is 0 Å². The van der Waals surface area contributed by atoms with E-state index in [0.29, 0.717) is 0 Å². The highest BCUT2D eigenvalue weighted by Crippen LogP contribution is 2.38. The van der Waals surface area contributed by atoms with Crippen LogP contribution in [0.2, 0.25) is 0 Å². The second-order valence-electron chi connectivity index (χ2n) is 3.62. The number of nitrogens with two attached hydrogens (primary N) is 1. The first kappa shape index (κ1) is 8.53. The maximum absolute atomic E-state index is 10.8. The fourth-order valence-electron chi connectivity index (χ4n) is 1.88. The van der Waals surface area contributed by atoms with E-state index in [1.807, 2.05) is 13.8 Å². The normalized spacial score (nSPS) is 44.3. The van der Waals surface area contributed by atoms with Gasteiger partial charge in [0.2, 0.25) is 0 Å². The molecule has 0 aromatic carbocycles. The summed E-state index contributed by atoms with van der Waals surface area (Å²) in [6.45, 7) is 3.83. The Bertz CT molecular complexity index is 169. The molecule has 3 N–H and O–H groups in total. The molecule has 2 unspecified atom stereocenters. The molecule has 1 aliphatic rings. The number of carbonyl (C=O) groups is 1. The van der Waals surface area contributed by atoms with Gasteiger partial charge in [0.05, 0.1) is 0 Å². The van der Waals surface area contributed by atoms with Crippen molar-refractivity contribution in [2.45, 2.75) is 32.2 Å². The predicted octanol–water partition coefficient (Wildman–Crippen LogP) is 0.834. The van der Waals surface area contributed by atoms with Gasteiger partial charge in [-0.25, -0.2) is 0 Å². The topological polar surface area (TPSA) is 63.3 Å². The van der Waals surface area contributed by atoms with Crippen molar-refractivity contribution in [3.05, 3.63) is 0 Å². The Labute approximate surface area is 66.6 Å². The summed E-state index contributed by atoms with van der Waals surface area (Å²) in [4.78, 5) is 10.8. The van der Waals surface area contributed by atoms with Gasteiger partial charge in [-0.15, -0.1) is 0 Å². The summed E-state index contributed by atoms with van der Waals surface area (Å²) in [6, 6.07) is 0. The van der Waals surface area contributed by atoms with Gasteiger partial charge in [-0.2, -0.15) is 0 Å². The average Bonchev–Trinajstić information content (AvgIpc) is 2.18. The zero-order chi connectivity index (χ0) is 8.65. The van der Waals surface area contributed by atoms with Gasteiger partial charge in [0.15, 0.2) is 0 Å². The smallest absolute Gasteiger partial charge is 0.324 e. The lowest BCUT2D eigenvalue weighted by Gasteiger charge is -2.28. The lowest BCUT2D eigenvalue weighted by atomic mass is 9.83. The zero-order valence-electron chi connectivity index (χ0n) is 7.00. The van der Waals surface area contributed by atoms with Crippen molar-refractivity contribution in [1.29, 1.82) is 0 Å². The van der Waals surface area contributed by atoms with Crippen LogP contribution < -0.4 is 5.73 Å². The van der Waals surface area contributed by atoms with Gasteiger partial charge in [-0.3, -0.25) is 4.79 Å². The third-order valence-electron chi connectivity index (χ3n) is 3.03. The molecule has 0 saturated heterocycles. The van der Waals surface area contributed by atoms with Crippen molar-refractivity contribution < 1.29 is 9.90 Å². The summed E-state index contributed by atoms with van der Waals surface area (Å²) in [6.07, 6.45) is 1.87. The van der Waals surface area contributed by atoms with Crippen LogP contribution in [0.25, 0.3) is 0 Å². The highest BCUT2D eigenvalue weighted by atomic mass is 16.4. The molecule has 0 bridgehead atoms. The molecule has 0 aliphatic heterocycles. The summed E-state index contributed by atoms with van der Waals surface area (Å²) < 4.78 is 0. The van der Waals surface area contributed by atoms with E-state index < -0.39 is 11.5 Å². The maximum atomic E-state index is 10.8. The molecule has 0 aromatic heterocycles. The molecule has 1 rings (SSSR count). The Morgan fingerprint density at radius 1 is 1.45 bits per heavy atom. The average molecular weight is 157 g/mol. The molecule has 2 atom stereocenters. The Hall–Kier alpha value is -0.570. The van der Waals surface area contributed by atoms with Crippen LogP contribution in [0.5, 0.6) is 0 Å². The molecule has 0 heterocycles. The van der Waals surface area contributed by atoms with Crippen LogP contribution in [-0.4, -0.2) is 16.6 Å². The number of carboxylic acids is 1. The Morgan fingerprint density at radius 2 is 1.82 bits per heavy atom. The number of rotatable bonds is 1. The fraction of sp³-hybridized carbons (Fsp3) is 0.875. The molecule has 1 fully saturated rings. The van der Waals surface area contributed by atoms with Crippen molar-refractivity contribution >= 4 is 5.97 Å². The standard InChI is InChI=1S/C8H15NO2/c1-5-3-4-6(2)8(5,9)7(10)11/h5-6H,3-4,9H2,1-2H3,(H,10,11). The van der Waals surface area contributed by atoms with Gasteiger partial charge in [-0.05, 0) is 24.7 Å². The summed E-state index contributed by atoms with van der Waals surface area (Å²) in [7, 11) is 0. The summed E-state index contributed by atoms with van der Waals surface area (Å²) in [5, 5.41) is 8.89. The Morgan fingerprint density at radius 3 is 2.00 bits per heavy atom. The molecule has 0 amide bonds. The van der Waals surface area contributed by atoms with Crippen LogP contribution in [0.1, 0.15) is 26.7 Å². The van der Waals surface area contributed by atoms with Crippen LogP contribution in [0.3, 0.4) is 0 Å². The molecule has 11 heavy (non-hydrogen) atoms. The number of aliphatic carboxylic acids is 1. The SMILES string of the molecule is CC1CCC(C)C1(N)C(=O)O. The van der Waals surface area contributed by atoms with E-state index in [9.17, 15) is 4.79 Å². The molecule has 64 valence electrons. The number of carboxylic acid groups (broad SMARTS) is 1. The highest BCUT2D eigenvalue weighted by molar-refractivity contribution is 5.79. The van der Waals surface area contributed by atoms with Crippen LogP contribution in [-0.2, 0) is 4.79 Å². The van der Waals surface area contributed by atoms with E-state index in [1.54, 1.807) is 0 Å². The molecular formula is C8H15NO2. The van der Waals surface area contributed by atoms with E-state index >= 15 is 0 Å². The minimum atomic E-state index is -0.972. The minimum absolute atomic E-state index is 0.106. The first-order chi connectivity index (χ1) is 4.99. The molecule has 0 aromatic rings. The molecule has 3 heteroatoms. The van der Waals surface area contributed by atoms with E-state index in [-0.39, 0.29) is 11.8 Å². The van der Waals surface area contributed by atoms with Gasteiger partial charge in [0.25, 0.3) is 0 Å². The first-order valence-corrected chi connectivity index (χ1v) is 4.01. The van der Waals surface area contributed by atoms with Gasteiger partial charge < -0.3 is 10.8 Å². The van der Waals surface area contributed by atoms with Crippen LogP contribution in [0.15, 0.2) is 0 Å². The van der Waals surface area contributed by atoms with Crippen molar-refractivity contribution in [1.82, 2.24) is 0 Å². The third-order valence-corrected chi connectivity index (χ3v) is 3.03. The van der Waals surface area contributed by atoms with Crippen molar-refractivity contribution in [3.63, 3.8) is 0 Å². The minimum Gasteiger partial charge on any atom is -0.480 e. The van der Waals surface area contributed by atoms with E-state index in [2.05, 4.69) is 0 Å². The van der Waals surface area contributed by atoms with Crippen LogP contribution >= 0.6 is 0 Å². The van der Waals surface area contributed by atoms with Gasteiger partial charge >= 0.3 is 5.97 Å². The Balaban J connectivity index is 2.88. The lowest BCUT2D eigenvalue weighted by Crippen LogP contribution is -2.54. The number of hydrogen-bond acceptors (Lipinski definition) is 2. The zero-order valence-corrected chi connectivity index (χ0v) is 7.00. The van der Waals surface area contributed by atoms with Crippen LogP contribution in [0.4, 0.5) is 0 Å². The summed E-state index contributed by atoms with van der Waals surface area (Å²) >= 11 is 0. The van der Waals surface area contributed by atoms with Gasteiger partial charge in [0.1, 0.15) is 5.54 Å². The lowest BCUT2D eigenvalue weighted by molar-refractivity contribution is -0.146. The molecule has 0 spiro atoms. The second kappa shape index (κ2) is 2.48. The fourth-order valence-corrected chi connectivity index (χ4v) is 1.88. The molecule has 1 saturated carbocycles. The molecule has 1 aliphatic carbocycles. The molecule has 0 radical (unpaired) electrons. The summed E-state index contributed by atoms with van der Waals surface area (Å²) in [5.41, 5.74) is 4.82. The Kier molecular flexibility index (Phi) is 1.92. The largest absolute Gasteiger partial charge is 0.480 e. The van der Waals surface area contributed by atoms with E-state index in [4.69, 9.17) is 10.8 Å². The monoisotopic (exact) mass is 157 g/mol. The molecule has 3 nitrogen and oxygen atoms in total. The second-order valence-corrected chi connectivity index (χ2v) is 3.62. The van der Waals surface area contributed by atoms with E-state index in [0.717, 1.165) is 12.8 Å². The van der Waals surface area contributed by atoms with Crippen molar-refractivity contribution in [3.8, 4) is 0 Å². The van der Waals surface area contributed by atoms with Crippen molar-refractivity contribution in [2.75, 3.05) is 0 Å². The third kappa shape index (κ3) is 1.03. The summed E-state index contributed by atoms with van der Waals surface area (Å²) in [5.74, 6) is -0.639. The molecular weight excluding hydrogens is 142 g/mol. The van der Waals surface area contributed by atoms with Crippen LogP contribution in [0, 0.1) is 11.8 Å². The van der Waals surface area contributed by atoms with Crippen molar-refractivity contribution in [2.24, 2.45) is 17.6 Å². The maximum Gasteiger partial charge on any atom is 0.324 e. The van der Waals surface area contributed by atoms with E-state index in [1.165, 1.54) is 0 Å². The van der Waals surface area contributed by atoms with Gasteiger partial charge in [-0.1, -0.05) is 13.8 Å². The highest BCUT2D eigenvalue weighted by Gasteiger charge is 2.48. The number of hydrogen-bond donors (Lipinski definition) is 2. The first-order valence-electron chi connectivity index (χ1n) is 4.01.